The standard InChI is InChI=1S/C25H27N7O3S2/c1-13-29-21(12-36-13)20-7-4-15(10-27-20)19-11-28-32-24(26)23(37(3,34)35)22(30-25(19)32)16-8-17-5-6-18(9-16)31(17)14(2)33/h4,7,10-12,16-18H,5-6,8-9,26H2,1-3H3/t16-,17-,18+. The van der Waals surface area contributed by atoms with E-state index in [2.05, 4.69) is 15.1 Å². The van der Waals surface area contributed by atoms with Gasteiger partial charge in [-0.1, -0.05) is 6.07 Å². The Balaban J connectivity index is 1.45. The maximum absolute atomic E-state index is 12.9. The van der Waals surface area contributed by atoms with E-state index in [0.29, 0.717) is 29.7 Å². The van der Waals surface area contributed by atoms with Crippen molar-refractivity contribution in [3.8, 4) is 22.5 Å². The van der Waals surface area contributed by atoms with Crippen molar-refractivity contribution in [2.24, 2.45) is 0 Å². The van der Waals surface area contributed by atoms with Gasteiger partial charge in [0.25, 0.3) is 0 Å². The molecule has 2 aliphatic rings. The number of carbonyl (C=O) groups is 1. The molecular weight excluding hydrogens is 510 g/mol. The van der Waals surface area contributed by atoms with E-state index in [-0.39, 0.29) is 34.6 Å². The molecule has 2 aliphatic heterocycles. The lowest BCUT2D eigenvalue weighted by Crippen LogP contribution is -2.45. The zero-order valence-electron chi connectivity index (χ0n) is 20.7. The van der Waals surface area contributed by atoms with Crippen LogP contribution in [0.15, 0.2) is 34.8 Å². The van der Waals surface area contributed by atoms with Crippen LogP contribution in [0.3, 0.4) is 0 Å². The number of pyridine rings is 1. The number of carbonyl (C=O) groups excluding carboxylic acids is 1. The summed E-state index contributed by atoms with van der Waals surface area (Å²) in [5, 5.41) is 7.33. The van der Waals surface area contributed by atoms with Crippen molar-refractivity contribution in [2.75, 3.05) is 12.0 Å². The van der Waals surface area contributed by atoms with Gasteiger partial charge in [-0.2, -0.15) is 9.61 Å². The Labute approximate surface area is 218 Å². The molecular formula is C25H27N7O3S2. The summed E-state index contributed by atoms with van der Waals surface area (Å²) in [5.74, 6) is -0.00190. The van der Waals surface area contributed by atoms with Crippen LogP contribution in [0, 0.1) is 6.92 Å². The highest BCUT2D eigenvalue weighted by Gasteiger charge is 2.44. The van der Waals surface area contributed by atoms with Gasteiger partial charge in [0.1, 0.15) is 10.7 Å². The van der Waals surface area contributed by atoms with E-state index < -0.39 is 9.84 Å². The first-order chi connectivity index (χ1) is 17.6. The Morgan fingerprint density at radius 2 is 1.84 bits per heavy atom. The molecule has 4 aromatic rings. The third-order valence-electron chi connectivity index (χ3n) is 7.47. The van der Waals surface area contributed by atoms with Crippen molar-refractivity contribution in [3.63, 3.8) is 0 Å². The molecule has 0 spiro atoms. The van der Waals surface area contributed by atoms with Crippen molar-refractivity contribution in [1.82, 2.24) is 29.5 Å². The molecule has 6 rings (SSSR count). The summed E-state index contributed by atoms with van der Waals surface area (Å²) >= 11 is 1.57. The predicted octanol–water partition coefficient (Wildman–Crippen LogP) is 3.47. The van der Waals surface area contributed by atoms with Crippen LogP contribution >= 0.6 is 11.3 Å². The van der Waals surface area contributed by atoms with E-state index in [4.69, 9.17) is 10.7 Å². The number of piperidine rings is 1. The number of hydrogen-bond donors (Lipinski definition) is 1. The summed E-state index contributed by atoms with van der Waals surface area (Å²) in [7, 11) is -3.69. The molecule has 4 aromatic heterocycles. The lowest BCUT2D eigenvalue weighted by atomic mass is 9.87. The summed E-state index contributed by atoms with van der Waals surface area (Å²) in [5.41, 5.74) is 10.5. The highest BCUT2D eigenvalue weighted by atomic mass is 32.2. The average molecular weight is 538 g/mol. The topological polar surface area (TPSA) is 136 Å². The first kappa shape index (κ1) is 24.0. The Kier molecular flexibility index (Phi) is 5.57. The number of nitrogens with zero attached hydrogens (tertiary/aromatic N) is 6. The van der Waals surface area contributed by atoms with Crippen LogP contribution in [0.25, 0.3) is 28.2 Å². The molecule has 0 aromatic carbocycles. The number of thiazole rings is 1. The van der Waals surface area contributed by atoms with Gasteiger partial charge in [-0.25, -0.2) is 18.4 Å². The number of anilines is 1. The van der Waals surface area contributed by atoms with Crippen molar-refractivity contribution < 1.29 is 13.2 Å². The molecule has 6 heterocycles. The zero-order valence-corrected chi connectivity index (χ0v) is 22.4. The highest BCUT2D eigenvalue weighted by Crippen LogP contribution is 2.45. The maximum Gasteiger partial charge on any atom is 0.219 e. The first-order valence-electron chi connectivity index (χ1n) is 12.2. The smallest absolute Gasteiger partial charge is 0.219 e. The van der Waals surface area contributed by atoms with Crippen LogP contribution in [0.2, 0.25) is 0 Å². The van der Waals surface area contributed by atoms with E-state index in [1.807, 2.05) is 29.3 Å². The van der Waals surface area contributed by atoms with Crippen molar-refractivity contribution in [2.45, 2.75) is 62.4 Å². The van der Waals surface area contributed by atoms with Crippen LogP contribution in [0.4, 0.5) is 5.82 Å². The normalized spacial score (nSPS) is 21.6. The van der Waals surface area contributed by atoms with Crippen LogP contribution < -0.4 is 5.73 Å². The molecule has 0 unspecified atom stereocenters. The van der Waals surface area contributed by atoms with Crippen LogP contribution in [0.1, 0.15) is 49.2 Å². The van der Waals surface area contributed by atoms with Gasteiger partial charge in [0, 0.05) is 53.9 Å². The Morgan fingerprint density at radius 1 is 1.11 bits per heavy atom. The monoisotopic (exact) mass is 537 g/mol. The van der Waals surface area contributed by atoms with E-state index >= 15 is 0 Å². The number of nitrogen functional groups attached to an aromatic ring is 1. The third-order valence-corrected chi connectivity index (χ3v) is 9.41. The number of rotatable bonds is 4. The minimum absolute atomic E-state index is 0.0303. The minimum Gasteiger partial charge on any atom is -0.382 e. The second-order valence-corrected chi connectivity index (χ2v) is 13.0. The summed E-state index contributed by atoms with van der Waals surface area (Å²) in [6.07, 6.45) is 7.70. The second-order valence-electron chi connectivity index (χ2n) is 9.94. The van der Waals surface area contributed by atoms with Gasteiger partial charge in [-0.15, -0.1) is 11.3 Å². The molecule has 2 N–H and O–H groups in total. The van der Waals surface area contributed by atoms with Gasteiger partial charge < -0.3 is 10.6 Å². The lowest BCUT2D eigenvalue weighted by molar-refractivity contribution is -0.133. The fourth-order valence-corrected chi connectivity index (χ4v) is 7.64. The quantitative estimate of drug-likeness (QED) is 0.418. The van der Waals surface area contributed by atoms with Crippen molar-refractivity contribution in [3.05, 3.63) is 40.6 Å². The molecule has 37 heavy (non-hydrogen) atoms. The highest BCUT2D eigenvalue weighted by molar-refractivity contribution is 7.91. The summed E-state index contributed by atoms with van der Waals surface area (Å²) < 4.78 is 27.2. The van der Waals surface area contributed by atoms with Gasteiger partial charge in [-0.05, 0) is 38.7 Å². The molecule has 12 heteroatoms. The molecule has 2 saturated heterocycles. The fourth-order valence-electron chi connectivity index (χ4n) is 5.98. The number of nitrogens with two attached hydrogens (primary N) is 1. The van der Waals surface area contributed by atoms with Gasteiger partial charge in [0.05, 0.1) is 28.3 Å². The largest absolute Gasteiger partial charge is 0.382 e. The maximum atomic E-state index is 12.9. The number of fused-ring (bicyclic) bond motifs is 3. The summed E-state index contributed by atoms with van der Waals surface area (Å²) in [4.78, 5) is 28.2. The molecule has 10 nitrogen and oxygen atoms in total. The first-order valence-corrected chi connectivity index (χ1v) is 14.9. The van der Waals surface area contributed by atoms with Crippen LogP contribution in [0.5, 0.6) is 0 Å². The molecule has 3 atom stereocenters. The Bertz CT molecular complexity index is 1630. The molecule has 0 saturated carbocycles. The lowest BCUT2D eigenvalue weighted by Gasteiger charge is -2.38. The zero-order chi connectivity index (χ0) is 26.1. The SMILES string of the molecule is CC(=O)N1[C@@H]2CC[C@H]1C[C@H](c1nc3c(-c4ccc(-c5csc(C)n5)nc4)cnn3c(N)c1S(C)(=O)=O)C2. The number of aryl methyl sites for hydroxylation is 1. The van der Waals surface area contributed by atoms with Gasteiger partial charge in [-0.3, -0.25) is 9.78 Å². The molecule has 192 valence electrons. The fraction of sp³-hybridized carbons (Fsp3) is 0.400. The molecule has 0 radical (unpaired) electrons. The van der Waals surface area contributed by atoms with Gasteiger partial charge in [0.15, 0.2) is 15.5 Å². The Morgan fingerprint density at radius 3 is 2.41 bits per heavy atom. The number of hydrogen-bond acceptors (Lipinski definition) is 9. The summed E-state index contributed by atoms with van der Waals surface area (Å²) in [6, 6.07) is 4.01. The molecule has 1 amide bonds. The predicted molar refractivity (Wildman–Crippen MR) is 141 cm³/mol. The third kappa shape index (κ3) is 3.98. The van der Waals surface area contributed by atoms with E-state index in [9.17, 15) is 13.2 Å². The van der Waals surface area contributed by atoms with Crippen molar-refractivity contribution in [1.29, 1.82) is 0 Å². The van der Waals surface area contributed by atoms with Crippen LogP contribution in [-0.4, -0.2) is 62.1 Å². The van der Waals surface area contributed by atoms with Gasteiger partial charge in [0.2, 0.25) is 5.91 Å². The van der Waals surface area contributed by atoms with E-state index in [0.717, 1.165) is 41.1 Å². The van der Waals surface area contributed by atoms with Crippen LogP contribution in [-0.2, 0) is 14.6 Å². The summed E-state index contributed by atoms with van der Waals surface area (Å²) in [6.45, 7) is 3.55. The minimum atomic E-state index is -3.69. The Hall–Kier alpha value is -3.38. The number of aromatic nitrogens is 5. The molecule has 2 fully saturated rings. The average Bonchev–Trinajstić information content (AvgIpc) is 3.54. The van der Waals surface area contributed by atoms with Gasteiger partial charge >= 0.3 is 0 Å². The number of sulfone groups is 1. The molecule has 2 bridgehead atoms. The van der Waals surface area contributed by atoms with E-state index in [1.54, 1.807) is 30.7 Å². The van der Waals surface area contributed by atoms with E-state index in [1.165, 1.54) is 4.52 Å². The number of amides is 1. The second kappa shape index (κ2) is 8.59. The molecule has 0 aliphatic carbocycles. The van der Waals surface area contributed by atoms with Crippen molar-refractivity contribution >= 4 is 38.5 Å².